The molecule has 0 amide bonds. The van der Waals surface area contributed by atoms with Gasteiger partial charge in [-0.1, -0.05) is 11.6 Å². The first-order valence-corrected chi connectivity index (χ1v) is 7.50. The Morgan fingerprint density at radius 2 is 2.16 bits per heavy atom. The van der Waals surface area contributed by atoms with Crippen molar-refractivity contribution in [2.45, 2.75) is 26.3 Å². The molecule has 1 aromatic carbocycles. The van der Waals surface area contributed by atoms with E-state index in [2.05, 4.69) is 10.6 Å². The Morgan fingerprint density at radius 1 is 1.37 bits per heavy atom. The van der Waals surface area contributed by atoms with Crippen LogP contribution in [-0.4, -0.2) is 26.2 Å². The van der Waals surface area contributed by atoms with Gasteiger partial charge in [0.05, 0.1) is 6.61 Å². The molecule has 0 bridgehead atoms. The maximum atomic E-state index is 6.05. The van der Waals surface area contributed by atoms with E-state index in [1.165, 1.54) is 12.8 Å². The molecule has 1 aliphatic heterocycles. The number of piperidine rings is 1. The van der Waals surface area contributed by atoms with Gasteiger partial charge in [0.15, 0.2) is 0 Å². The number of ether oxygens (including phenoxy) is 1. The van der Waals surface area contributed by atoms with Crippen LogP contribution in [-0.2, 0) is 6.54 Å². The lowest BCUT2D eigenvalue weighted by atomic mass is 9.98. The lowest BCUT2D eigenvalue weighted by Gasteiger charge is -2.23. The van der Waals surface area contributed by atoms with Crippen LogP contribution in [0.3, 0.4) is 0 Å². The molecular formula is C15H23ClN2O. The van der Waals surface area contributed by atoms with Crippen molar-refractivity contribution in [1.29, 1.82) is 0 Å². The van der Waals surface area contributed by atoms with Crippen molar-refractivity contribution in [1.82, 2.24) is 10.6 Å². The summed E-state index contributed by atoms with van der Waals surface area (Å²) in [4.78, 5) is 0. The predicted octanol–water partition coefficient (Wildman–Crippen LogP) is 2.83. The van der Waals surface area contributed by atoms with Gasteiger partial charge in [-0.15, -0.1) is 0 Å². The number of rotatable bonds is 6. The minimum Gasteiger partial charge on any atom is -0.494 e. The second-order valence-electron chi connectivity index (χ2n) is 5.01. The molecule has 1 aliphatic rings. The zero-order valence-electron chi connectivity index (χ0n) is 11.5. The maximum Gasteiger partial charge on any atom is 0.123 e. The van der Waals surface area contributed by atoms with Crippen LogP contribution < -0.4 is 15.4 Å². The lowest BCUT2D eigenvalue weighted by molar-refractivity contribution is 0.331. The smallest absolute Gasteiger partial charge is 0.123 e. The minimum atomic E-state index is 0.683. The molecule has 0 aliphatic carbocycles. The van der Waals surface area contributed by atoms with Gasteiger partial charge in [-0.3, -0.25) is 0 Å². The van der Waals surface area contributed by atoms with Crippen LogP contribution in [0.2, 0.25) is 5.02 Å². The van der Waals surface area contributed by atoms with Gasteiger partial charge in [-0.25, -0.2) is 0 Å². The Hall–Kier alpha value is -0.770. The molecular weight excluding hydrogens is 260 g/mol. The molecule has 0 saturated carbocycles. The van der Waals surface area contributed by atoms with Gasteiger partial charge in [0, 0.05) is 17.1 Å². The third-order valence-electron chi connectivity index (χ3n) is 3.53. The average molecular weight is 283 g/mol. The Balaban J connectivity index is 1.85. The molecule has 4 heteroatoms. The van der Waals surface area contributed by atoms with E-state index < -0.39 is 0 Å². The standard InChI is InChI=1S/C15H23ClN2O/c1-2-19-15-4-3-14(16)9-13(15)11-18-10-12-5-7-17-8-6-12/h3-4,9,12,17-18H,2,5-8,10-11H2,1H3. The van der Waals surface area contributed by atoms with Crippen LogP contribution in [0.25, 0.3) is 0 Å². The number of benzene rings is 1. The Morgan fingerprint density at radius 3 is 2.89 bits per heavy atom. The first-order valence-electron chi connectivity index (χ1n) is 7.12. The monoisotopic (exact) mass is 282 g/mol. The second-order valence-corrected chi connectivity index (χ2v) is 5.45. The van der Waals surface area contributed by atoms with Gasteiger partial charge in [0.25, 0.3) is 0 Å². The highest BCUT2D eigenvalue weighted by Crippen LogP contribution is 2.23. The van der Waals surface area contributed by atoms with Crippen LogP contribution in [0.15, 0.2) is 18.2 Å². The van der Waals surface area contributed by atoms with Crippen LogP contribution in [0.4, 0.5) is 0 Å². The summed E-state index contributed by atoms with van der Waals surface area (Å²) in [7, 11) is 0. The molecule has 1 fully saturated rings. The predicted molar refractivity (Wildman–Crippen MR) is 79.9 cm³/mol. The highest BCUT2D eigenvalue weighted by atomic mass is 35.5. The fourth-order valence-electron chi connectivity index (χ4n) is 2.48. The first-order chi connectivity index (χ1) is 9.29. The number of halogens is 1. The highest BCUT2D eigenvalue weighted by molar-refractivity contribution is 6.30. The summed E-state index contributed by atoms with van der Waals surface area (Å²) in [5.74, 6) is 1.72. The Kier molecular flexibility index (Phi) is 5.95. The van der Waals surface area contributed by atoms with E-state index in [4.69, 9.17) is 16.3 Å². The van der Waals surface area contributed by atoms with E-state index in [9.17, 15) is 0 Å². The minimum absolute atomic E-state index is 0.683. The molecule has 1 aromatic rings. The molecule has 0 spiro atoms. The van der Waals surface area contributed by atoms with Gasteiger partial charge in [-0.05, 0) is 63.5 Å². The summed E-state index contributed by atoms with van der Waals surface area (Å²) in [5, 5.41) is 7.69. The van der Waals surface area contributed by atoms with Gasteiger partial charge in [0.1, 0.15) is 5.75 Å². The molecule has 3 nitrogen and oxygen atoms in total. The fraction of sp³-hybridized carbons (Fsp3) is 0.600. The van der Waals surface area contributed by atoms with Crippen LogP contribution in [0.1, 0.15) is 25.3 Å². The molecule has 0 atom stereocenters. The highest BCUT2D eigenvalue weighted by Gasteiger charge is 2.12. The van der Waals surface area contributed by atoms with E-state index in [-0.39, 0.29) is 0 Å². The number of hydrogen-bond acceptors (Lipinski definition) is 3. The zero-order chi connectivity index (χ0) is 13.5. The average Bonchev–Trinajstić information content (AvgIpc) is 2.43. The molecule has 1 saturated heterocycles. The van der Waals surface area contributed by atoms with E-state index in [0.29, 0.717) is 6.61 Å². The Bertz CT molecular complexity index is 392. The van der Waals surface area contributed by atoms with Gasteiger partial charge in [0.2, 0.25) is 0 Å². The van der Waals surface area contributed by atoms with Crippen LogP contribution in [0, 0.1) is 5.92 Å². The van der Waals surface area contributed by atoms with Crippen molar-refractivity contribution < 1.29 is 4.74 Å². The van der Waals surface area contributed by atoms with E-state index in [1.807, 2.05) is 25.1 Å². The van der Waals surface area contributed by atoms with Gasteiger partial charge >= 0.3 is 0 Å². The van der Waals surface area contributed by atoms with E-state index in [0.717, 1.165) is 48.4 Å². The van der Waals surface area contributed by atoms with E-state index >= 15 is 0 Å². The molecule has 2 rings (SSSR count). The molecule has 0 unspecified atom stereocenters. The maximum absolute atomic E-state index is 6.05. The van der Waals surface area contributed by atoms with E-state index in [1.54, 1.807) is 0 Å². The summed E-state index contributed by atoms with van der Waals surface area (Å²) in [6.07, 6.45) is 2.53. The fourth-order valence-corrected chi connectivity index (χ4v) is 2.67. The quantitative estimate of drug-likeness (QED) is 0.842. The molecule has 0 radical (unpaired) electrons. The van der Waals surface area contributed by atoms with Crippen molar-refractivity contribution in [3.8, 4) is 5.75 Å². The van der Waals surface area contributed by atoms with Gasteiger partial charge < -0.3 is 15.4 Å². The van der Waals surface area contributed by atoms with Crippen molar-refractivity contribution in [3.05, 3.63) is 28.8 Å². The molecule has 106 valence electrons. The zero-order valence-corrected chi connectivity index (χ0v) is 12.3. The number of nitrogens with one attached hydrogen (secondary N) is 2. The summed E-state index contributed by atoms with van der Waals surface area (Å²) < 4.78 is 5.63. The summed E-state index contributed by atoms with van der Waals surface area (Å²) in [5.41, 5.74) is 1.14. The van der Waals surface area contributed by atoms with Crippen molar-refractivity contribution in [2.75, 3.05) is 26.2 Å². The summed E-state index contributed by atoms with van der Waals surface area (Å²) in [6.45, 7) is 6.87. The summed E-state index contributed by atoms with van der Waals surface area (Å²) in [6, 6.07) is 5.82. The third-order valence-corrected chi connectivity index (χ3v) is 3.76. The van der Waals surface area contributed by atoms with Crippen molar-refractivity contribution in [3.63, 3.8) is 0 Å². The summed E-state index contributed by atoms with van der Waals surface area (Å²) >= 11 is 6.05. The Labute approximate surface area is 120 Å². The van der Waals surface area contributed by atoms with Crippen LogP contribution >= 0.6 is 11.6 Å². The lowest BCUT2D eigenvalue weighted by Crippen LogP contribution is -2.33. The molecule has 0 aromatic heterocycles. The number of hydrogen-bond donors (Lipinski definition) is 2. The third kappa shape index (κ3) is 4.68. The van der Waals surface area contributed by atoms with Gasteiger partial charge in [-0.2, -0.15) is 0 Å². The molecule has 19 heavy (non-hydrogen) atoms. The normalized spacial score (nSPS) is 16.5. The molecule has 2 N–H and O–H groups in total. The second kappa shape index (κ2) is 7.73. The van der Waals surface area contributed by atoms with Crippen molar-refractivity contribution >= 4 is 11.6 Å². The van der Waals surface area contributed by atoms with Crippen molar-refractivity contribution in [2.24, 2.45) is 5.92 Å². The molecule has 1 heterocycles. The SMILES string of the molecule is CCOc1ccc(Cl)cc1CNCC1CCNCC1. The van der Waals surface area contributed by atoms with Crippen LogP contribution in [0.5, 0.6) is 5.75 Å². The topological polar surface area (TPSA) is 33.3 Å². The first kappa shape index (κ1) is 14.6. The largest absolute Gasteiger partial charge is 0.494 e.